The van der Waals surface area contributed by atoms with Crippen LogP contribution in [0.2, 0.25) is 0 Å². The van der Waals surface area contributed by atoms with Crippen molar-refractivity contribution in [1.29, 1.82) is 0 Å². The van der Waals surface area contributed by atoms with Crippen molar-refractivity contribution in [2.24, 2.45) is 5.92 Å². The van der Waals surface area contributed by atoms with E-state index in [0.29, 0.717) is 18.1 Å². The quantitative estimate of drug-likeness (QED) is 0.787. The van der Waals surface area contributed by atoms with Crippen LogP contribution in [0.15, 0.2) is 10.6 Å². The summed E-state index contributed by atoms with van der Waals surface area (Å²) in [4.78, 5) is 15.1. The first-order valence-electron chi connectivity index (χ1n) is 5.25. The van der Waals surface area contributed by atoms with E-state index in [1.54, 1.807) is 13.1 Å². The smallest absolute Gasteiger partial charge is 0.194 e. The van der Waals surface area contributed by atoms with E-state index in [2.05, 4.69) is 4.98 Å². The van der Waals surface area contributed by atoms with Gasteiger partial charge in [0.1, 0.15) is 11.5 Å². The van der Waals surface area contributed by atoms with Gasteiger partial charge in [-0.3, -0.25) is 4.79 Å². The minimum atomic E-state index is 0.120. The summed E-state index contributed by atoms with van der Waals surface area (Å²) in [6, 6.07) is 0. The van der Waals surface area contributed by atoms with Crippen molar-refractivity contribution in [2.75, 3.05) is 11.5 Å². The molecule has 0 N–H and O–H groups in total. The molecule has 1 saturated heterocycles. The molecule has 1 atom stereocenters. The fourth-order valence-electron chi connectivity index (χ4n) is 1.76. The highest BCUT2D eigenvalue weighted by molar-refractivity contribution is 7.99. The number of ketones is 1. The second-order valence-corrected chi connectivity index (χ2v) is 5.18. The van der Waals surface area contributed by atoms with Gasteiger partial charge in [0, 0.05) is 6.42 Å². The third-order valence-electron chi connectivity index (χ3n) is 2.51. The van der Waals surface area contributed by atoms with E-state index in [9.17, 15) is 4.79 Å². The third kappa shape index (κ3) is 3.09. The van der Waals surface area contributed by atoms with Gasteiger partial charge in [-0.15, -0.1) is 0 Å². The molecule has 1 aromatic rings. The zero-order valence-electron chi connectivity index (χ0n) is 8.86. The van der Waals surface area contributed by atoms with Gasteiger partial charge in [0.25, 0.3) is 0 Å². The van der Waals surface area contributed by atoms with Crippen molar-refractivity contribution >= 4 is 17.5 Å². The molecule has 1 unspecified atom stereocenters. The Balaban J connectivity index is 1.91. The van der Waals surface area contributed by atoms with Gasteiger partial charge >= 0.3 is 0 Å². The Morgan fingerprint density at radius 1 is 1.73 bits per heavy atom. The number of nitrogens with zero attached hydrogens (tertiary/aromatic N) is 1. The SMILES string of the molecule is CC(=O)Cc1cnc(CC2CCSC2)o1. The number of carbonyl (C=O) groups excluding carboxylic acids is 1. The van der Waals surface area contributed by atoms with Gasteiger partial charge in [-0.1, -0.05) is 0 Å². The summed E-state index contributed by atoms with van der Waals surface area (Å²) in [6.07, 6.45) is 4.23. The van der Waals surface area contributed by atoms with Crippen LogP contribution in [0.5, 0.6) is 0 Å². The summed E-state index contributed by atoms with van der Waals surface area (Å²) in [6.45, 7) is 1.57. The van der Waals surface area contributed by atoms with E-state index >= 15 is 0 Å². The highest BCUT2D eigenvalue weighted by Gasteiger charge is 2.18. The van der Waals surface area contributed by atoms with Gasteiger partial charge in [-0.25, -0.2) is 4.98 Å². The van der Waals surface area contributed by atoms with E-state index in [1.807, 2.05) is 11.8 Å². The summed E-state index contributed by atoms with van der Waals surface area (Å²) >= 11 is 2.00. The monoisotopic (exact) mass is 225 g/mol. The highest BCUT2D eigenvalue weighted by atomic mass is 32.2. The van der Waals surface area contributed by atoms with Crippen molar-refractivity contribution < 1.29 is 9.21 Å². The molecule has 1 fully saturated rings. The molecule has 15 heavy (non-hydrogen) atoms. The summed E-state index contributed by atoms with van der Waals surface area (Å²) in [5, 5.41) is 0. The van der Waals surface area contributed by atoms with Crippen molar-refractivity contribution in [3.8, 4) is 0 Å². The van der Waals surface area contributed by atoms with Crippen molar-refractivity contribution in [2.45, 2.75) is 26.2 Å². The fraction of sp³-hybridized carbons (Fsp3) is 0.636. The number of thioether (sulfide) groups is 1. The Morgan fingerprint density at radius 2 is 2.60 bits per heavy atom. The van der Waals surface area contributed by atoms with Crippen LogP contribution in [-0.4, -0.2) is 22.3 Å². The number of carbonyl (C=O) groups is 1. The number of rotatable bonds is 4. The molecule has 3 nitrogen and oxygen atoms in total. The molecule has 82 valence electrons. The molecule has 4 heteroatoms. The van der Waals surface area contributed by atoms with Gasteiger partial charge < -0.3 is 4.42 Å². The maximum Gasteiger partial charge on any atom is 0.194 e. The van der Waals surface area contributed by atoms with Crippen LogP contribution in [0.1, 0.15) is 25.0 Å². The molecule has 0 bridgehead atoms. The lowest BCUT2D eigenvalue weighted by Gasteiger charge is -2.02. The van der Waals surface area contributed by atoms with E-state index < -0.39 is 0 Å². The summed E-state index contributed by atoms with van der Waals surface area (Å²) in [5.41, 5.74) is 0. The Labute approximate surface area is 93.6 Å². The molecule has 2 rings (SSSR count). The topological polar surface area (TPSA) is 43.1 Å². The summed E-state index contributed by atoms with van der Waals surface area (Å²) in [5.74, 6) is 4.78. The maximum absolute atomic E-state index is 10.9. The van der Waals surface area contributed by atoms with Gasteiger partial charge in [-0.05, 0) is 30.8 Å². The first-order valence-corrected chi connectivity index (χ1v) is 6.40. The Kier molecular flexibility index (Phi) is 3.46. The Morgan fingerprint density at radius 3 is 3.27 bits per heavy atom. The van der Waals surface area contributed by atoms with Crippen LogP contribution in [0.4, 0.5) is 0 Å². The predicted octanol–water partition coefficient (Wildman–Crippen LogP) is 2.10. The van der Waals surface area contributed by atoms with E-state index in [0.717, 1.165) is 12.3 Å². The Hall–Kier alpha value is -0.770. The standard InChI is InChI=1S/C11H15NO2S/c1-8(13)4-10-6-12-11(14-10)5-9-2-3-15-7-9/h6,9H,2-5,7H2,1H3. The lowest BCUT2D eigenvalue weighted by molar-refractivity contribution is -0.116. The molecule has 0 spiro atoms. The van der Waals surface area contributed by atoms with Gasteiger partial charge in [0.15, 0.2) is 5.89 Å². The molecule has 1 aromatic heterocycles. The Bertz CT molecular complexity index is 342. The molecule has 0 aliphatic carbocycles. The number of oxazole rings is 1. The maximum atomic E-state index is 10.9. The van der Waals surface area contributed by atoms with Crippen LogP contribution >= 0.6 is 11.8 Å². The van der Waals surface area contributed by atoms with Gasteiger partial charge in [0.2, 0.25) is 0 Å². The van der Waals surface area contributed by atoms with E-state index in [-0.39, 0.29) is 5.78 Å². The molecule has 2 heterocycles. The highest BCUT2D eigenvalue weighted by Crippen LogP contribution is 2.26. The molecule has 1 aliphatic rings. The lowest BCUT2D eigenvalue weighted by Crippen LogP contribution is -2.02. The molecule has 0 saturated carbocycles. The average Bonchev–Trinajstić information content (AvgIpc) is 2.77. The summed E-state index contributed by atoms with van der Waals surface area (Å²) in [7, 11) is 0. The predicted molar refractivity (Wildman–Crippen MR) is 60.0 cm³/mol. The van der Waals surface area contributed by atoms with Gasteiger partial charge in [0.05, 0.1) is 12.6 Å². The molecular weight excluding hydrogens is 210 g/mol. The van der Waals surface area contributed by atoms with Crippen molar-refractivity contribution in [1.82, 2.24) is 4.98 Å². The van der Waals surface area contributed by atoms with Crippen molar-refractivity contribution in [3.05, 3.63) is 17.8 Å². The number of hydrogen-bond donors (Lipinski definition) is 0. The molecule has 0 amide bonds. The molecule has 0 radical (unpaired) electrons. The number of hydrogen-bond acceptors (Lipinski definition) is 4. The second-order valence-electron chi connectivity index (χ2n) is 4.03. The van der Waals surface area contributed by atoms with Crippen LogP contribution in [0, 0.1) is 5.92 Å². The largest absolute Gasteiger partial charge is 0.445 e. The first kappa shape index (κ1) is 10.7. The van der Waals surface area contributed by atoms with Crippen LogP contribution in [-0.2, 0) is 17.6 Å². The van der Waals surface area contributed by atoms with E-state index in [1.165, 1.54) is 17.9 Å². The van der Waals surface area contributed by atoms with Gasteiger partial charge in [-0.2, -0.15) is 11.8 Å². The third-order valence-corrected chi connectivity index (χ3v) is 3.74. The van der Waals surface area contributed by atoms with Crippen LogP contribution < -0.4 is 0 Å². The molecule has 1 aliphatic heterocycles. The van der Waals surface area contributed by atoms with Crippen LogP contribution in [0.25, 0.3) is 0 Å². The molecular formula is C11H15NO2S. The minimum Gasteiger partial charge on any atom is -0.445 e. The zero-order valence-corrected chi connectivity index (χ0v) is 9.68. The summed E-state index contributed by atoms with van der Waals surface area (Å²) < 4.78 is 5.52. The van der Waals surface area contributed by atoms with Crippen molar-refractivity contribution in [3.63, 3.8) is 0 Å². The lowest BCUT2D eigenvalue weighted by atomic mass is 10.1. The average molecular weight is 225 g/mol. The van der Waals surface area contributed by atoms with E-state index in [4.69, 9.17) is 4.42 Å². The number of Topliss-reactive ketones (excluding diaryl/α,β-unsaturated/α-hetero) is 1. The fourth-order valence-corrected chi connectivity index (χ4v) is 3.05. The second kappa shape index (κ2) is 4.84. The minimum absolute atomic E-state index is 0.120. The molecule has 0 aromatic carbocycles. The number of aromatic nitrogens is 1. The zero-order chi connectivity index (χ0) is 10.7. The normalized spacial score (nSPS) is 20.7. The van der Waals surface area contributed by atoms with Crippen LogP contribution in [0.3, 0.4) is 0 Å². The first-order chi connectivity index (χ1) is 7.24.